The van der Waals surface area contributed by atoms with Crippen molar-refractivity contribution in [2.75, 3.05) is 5.32 Å². The predicted molar refractivity (Wildman–Crippen MR) is 78.7 cm³/mol. The number of carbonyl (C=O) groups is 1. The molecule has 2 heterocycles. The number of amides is 1. The first-order valence-corrected chi connectivity index (χ1v) is 7.18. The van der Waals surface area contributed by atoms with E-state index in [2.05, 4.69) is 33.9 Å². The molecule has 0 fully saturated rings. The molecule has 1 unspecified atom stereocenters. The Morgan fingerprint density at radius 3 is 3.05 bits per heavy atom. The van der Waals surface area contributed by atoms with Crippen LogP contribution in [0.2, 0.25) is 0 Å². The van der Waals surface area contributed by atoms with Gasteiger partial charge in [0.1, 0.15) is 0 Å². The van der Waals surface area contributed by atoms with Crippen molar-refractivity contribution in [3.8, 4) is 0 Å². The Kier molecular flexibility index (Phi) is 3.54. The molecule has 1 aromatic heterocycles. The fourth-order valence-corrected chi connectivity index (χ4v) is 2.83. The van der Waals surface area contributed by atoms with E-state index in [0.29, 0.717) is 12.5 Å². The van der Waals surface area contributed by atoms with Gasteiger partial charge in [0.25, 0.3) is 0 Å². The topological polar surface area (TPSA) is 46.9 Å². The van der Waals surface area contributed by atoms with Gasteiger partial charge < -0.3 is 9.88 Å². The number of hydrogen-bond acceptors (Lipinski definition) is 2. The number of carbonyl (C=O) groups excluding carboxylic acids is 1. The molecule has 4 nitrogen and oxygen atoms in total. The van der Waals surface area contributed by atoms with E-state index >= 15 is 0 Å². The number of aromatic nitrogens is 2. The molecule has 1 aliphatic heterocycles. The van der Waals surface area contributed by atoms with E-state index in [9.17, 15) is 4.79 Å². The van der Waals surface area contributed by atoms with Crippen LogP contribution in [0.15, 0.2) is 36.9 Å². The van der Waals surface area contributed by atoms with E-state index in [1.165, 1.54) is 11.1 Å². The van der Waals surface area contributed by atoms with Gasteiger partial charge in [0.05, 0.1) is 12.4 Å². The minimum atomic E-state index is 0.116. The van der Waals surface area contributed by atoms with Crippen LogP contribution in [0.5, 0.6) is 0 Å². The Balaban J connectivity index is 1.94. The number of imidazole rings is 1. The van der Waals surface area contributed by atoms with Gasteiger partial charge in [-0.2, -0.15) is 0 Å². The fourth-order valence-electron chi connectivity index (χ4n) is 2.83. The lowest BCUT2D eigenvalue weighted by Crippen LogP contribution is -2.19. The lowest BCUT2D eigenvalue weighted by Gasteiger charge is -2.22. The summed E-state index contributed by atoms with van der Waals surface area (Å²) in [7, 11) is 0. The zero-order valence-corrected chi connectivity index (χ0v) is 11.7. The molecule has 3 rings (SSSR count). The molecule has 0 saturated carbocycles. The Morgan fingerprint density at radius 2 is 2.30 bits per heavy atom. The van der Waals surface area contributed by atoms with Crippen LogP contribution >= 0.6 is 0 Å². The minimum Gasteiger partial charge on any atom is -0.330 e. The zero-order valence-electron chi connectivity index (χ0n) is 11.7. The molecular formula is C16H19N3O. The Labute approximate surface area is 118 Å². The zero-order chi connectivity index (χ0) is 13.9. The molecule has 0 radical (unpaired) electrons. The van der Waals surface area contributed by atoms with Crippen molar-refractivity contribution in [2.45, 2.75) is 38.6 Å². The van der Waals surface area contributed by atoms with Crippen molar-refractivity contribution in [3.05, 3.63) is 48.0 Å². The number of aryl methyl sites for hydroxylation is 1. The summed E-state index contributed by atoms with van der Waals surface area (Å²) in [6.07, 6.45) is 9.33. The van der Waals surface area contributed by atoms with Gasteiger partial charge in [0.15, 0.2) is 0 Å². The first-order chi connectivity index (χ1) is 9.78. The smallest absolute Gasteiger partial charge is 0.224 e. The highest BCUT2D eigenvalue weighted by molar-refractivity contribution is 5.93. The third-order valence-electron chi connectivity index (χ3n) is 3.86. The molecule has 0 bridgehead atoms. The quantitative estimate of drug-likeness (QED) is 0.926. The van der Waals surface area contributed by atoms with Crippen LogP contribution in [0.1, 0.15) is 43.4 Å². The van der Waals surface area contributed by atoms with Gasteiger partial charge in [0, 0.05) is 24.5 Å². The molecule has 1 aromatic carbocycles. The number of rotatable bonds is 4. The molecule has 104 valence electrons. The number of nitrogens with zero attached hydrogens (tertiary/aromatic N) is 2. The van der Waals surface area contributed by atoms with Crippen LogP contribution in [0, 0.1) is 0 Å². The Hall–Kier alpha value is -2.10. The molecule has 1 aliphatic rings. The third-order valence-corrected chi connectivity index (χ3v) is 3.86. The highest BCUT2D eigenvalue weighted by Gasteiger charge is 2.18. The fraction of sp³-hybridized carbons (Fsp3) is 0.375. The van der Waals surface area contributed by atoms with Crippen LogP contribution in [0.3, 0.4) is 0 Å². The van der Waals surface area contributed by atoms with E-state index in [0.717, 1.165) is 24.9 Å². The van der Waals surface area contributed by atoms with Crippen LogP contribution in [-0.2, 0) is 11.2 Å². The Bertz CT molecular complexity index is 604. The van der Waals surface area contributed by atoms with Crippen molar-refractivity contribution in [1.82, 2.24) is 9.55 Å². The summed E-state index contributed by atoms with van der Waals surface area (Å²) >= 11 is 0. The normalized spacial score (nSPS) is 15.6. The summed E-state index contributed by atoms with van der Waals surface area (Å²) in [6.45, 7) is 2.20. The van der Waals surface area contributed by atoms with Gasteiger partial charge in [-0.3, -0.25) is 4.79 Å². The molecular weight excluding hydrogens is 250 g/mol. The van der Waals surface area contributed by atoms with Gasteiger partial charge in [-0.05, 0) is 30.0 Å². The third kappa shape index (κ3) is 2.46. The SMILES string of the molecule is CCCC(c1ccc2c(c1)CCC(=O)N2)n1ccnc1. The molecule has 1 atom stereocenters. The maximum absolute atomic E-state index is 11.4. The summed E-state index contributed by atoms with van der Waals surface area (Å²) in [4.78, 5) is 15.6. The van der Waals surface area contributed by atoms with Crippen LogP contribution in [0.25, 0.3) is 0 Å². The van der Waals surface area contributed by atoms with Crippen molar-refractivity contribution in [3.63, 3.8) is 0 Å². The first kappa shape index (κ1) is 12.9. The second-order valence-electron chi connectivity index (χ2n) is 5.28. The lowest BCUT2D eigenvalue weighted by molar-refractivity contribution is -0.116. The van der Waals surface area contributed by atoms with E-state index in [1.807, 2.05) is 24.8 Å². The second-order valence-corrected chi connectivity index (χ2v) is 5.28. The van der Waals surface area contributed by atoms with E-state index < -0.39 is 0 Å². The molecule has 0 spiro atoms. The largest absolute Gasteiger partial charge is 0.330 e. The first-order valence-electron chi connectivity index (χ1n) is 7.18. The number of fused-ring (bicyclic) bond motifs is 1. The number of hydrogen-bond donors (Lipinski definition) is 1. The number of nitrogens with one attached hydrogen (secondary N) is 1. The minimum absolute atomic E-state index is 0.116. The summed E-state index contributed by atoms with van der Waals surface area (Å²) in [5.41, 5.74) is 3.49. The molecule has 0 saturated heterocycles. The summed E-state index contributed by atoms with van der Waals surface area (Å²) < 4.78 is 2.16. The summed E-state index contributed by atoms with van der Waals surface area (Å²) in [6, 6.07) is 6.70. The van der Waals surface area contributed by atoms with Gasteiger partial charge in [-0.15, -0.1) is 0 Å². The van der Waals surface area contributed by atoms with Gasteiger partial charge >= 0.3 is 0 Å². The predicted octanol–water partition coefficient (Wildman–Crippen LogP) is 3.16. The molecule has 0 aliphatic carbocycles. The maximum atomic E-state index is 11.4. The van der Waals surface area contributed by atoms with E-state index in [-0.39, 0.29) is 5.91 Å². The molecule has 2 aromatic rings. The van der Waals surface area contributed by atoms with Gasteiger partial charge in [-0.25, -0.2) is 4.98 Å². The molecule has 1 N–H and O–H groups in total. The highest BCUT2D eigenvalue weighted by Crippen LogP contribution is 2.29. The summed E-state index contributed by atoms with van der Waals surface area (Å²) in [5, 5.41) is 2.93. The van der Waals surface area contributed by atoms with Crippen LogP contribution < -0.4 is 5.32 Å². The number of benzene rings is 1. The van der Waals surface area contributed by atoms with Crippen LogP contribution in [0.4, 0.5) is 5.69 Å². The van der Waals surface area contributed by atoms with Crippen molar-refractivity contribution >= 4 is 11.6 Å². The van der Waals surface area contributed by atoms with Gasteiger partial charge in [0.2, 0.25) is 5.91 Å². The van der Waals surface area contributed by atoms with Gasteiger partial charge in [-0.1, -0.05) is 25.5 Å². The maximum Gasteiger partial charge on any atom is 0.224 e. The lowest BCUT2D eigenvalue weighted by atomic mass is 9.95. The van der Waals surface area contributed by atoms with Crippen molar-refractivity contribution < 1.29 is 4.79 Å². The highest BCUT2D eigenvalue weighted by atomic mass is 16.1. The van der Waals surface area contributed by atoms with Crippen molar-refractivity contribution in [1.29, 1.82) is 0 Å². The van der Waals surface area contributed by atoms with E-state index in [1.54, 1.807) is 0 Å². The Morgan fingerprint density at radius 1 is 1.40 bits per heavy atom. The molecule has 4 heteroatoms. The number of anilines is 1. The van der Waals surface area contributed by atoms with Crippen LogP contribution in [-0.4, -0.2) is 15.5 Å². The average molecular weight is 269 g/mol. The summed E-state index contributed by atoms with van der Waals surface area (Å²) in [5.74, 6) is 0.116. The second kappa shape index (κ2) is 5.49. The monoisotopic (exact) mass is 269 g/mol. The average Bonchev–Trinajstić information content (AvgIpc) is 2.98. The van der Waals surface area contributed by atoms with E-state index in [4.69, 9.17) is 0 Å². The van der Waals surface area contributed by atoms with Crippen molar-refractivity contribution in [2.24, 2.45) is 0 Å². The molecule has 20 heavy (non-hydrogen) atoms. The molecule has 1 amide bonds. The standard InChI is InChI=1S/C16H19N3O/c1-2-3-15(19-9-8-17-11-19)13-4-6-14-12(10-13)5-7-16(20)18-14/h4,6,8-11,15H,2-3,5,7H2,1H3,(H,18,20).